The van der Waals surface area contributed by atoms with E-state index in [-0.39, 0.29) is 12.3 Å². The van der Waals surface area contributed by atoms with Crippen molar-refractivity contribution in [2.75, 3.05) is 0 Å². The monoisotopic (exact) mass is 377 g/mol. The molecule has 2 aliphatic heterocycles. The Kier molecular flexibility index (Phi) is 3.63. The number of aromatic nitrogens is 1. The van der Waals surface area contributed by atoms with Gasteiger partial charge in [-0.05, 0) is 40.6 Å². The summed E-state index contributed by atoms with van der Waals surface area (Å²) in [7, 11) is 0. The highest BCUT2D eigenvalue weighted by atomic mass is 16.5. The summed E-state index contributed by atoms with van der Waals surface area (Å²) in [6.07, 6.45) is 4.22. The van der Waals surface area contributed by atoms with Crippen LogP contribution in [0.1, 0.15) is 35.4 Å². The zero-order valence-corrected chi connectivity index (χ0v) is 15.8. The number of para-hydroxylation sites is 1. The van der Waals surface area contributed by atoms with E-state index in [0.29, 0.717) is 0 Å². The van der Waals surface area contributed by atoms with Crippen LogP contribution in [0.4, 0.5) is 0 Å². The smallest absolute Gasteiger partial charge is 0.213 e. The molecule has 0 bridgehead atoms. The summed E-state index contributed by atoms with van der Waals surface area (Å²) in [5, 5.41) is 9.64. The molecule has 3 aromatic carbocycles. The Morgan fingerprint density at radius 3 is 2.52 bits per heavy atom. The number of rotatable bonds is 2. The molecule has 1 aromatic heterocycles. The molecule has 0 aliphatic carbocycles. The molecule has 0 fully saturated rings. The third-order valence-electron chi connectivity index (χ3n) is 5.77. The number of pyridine rings is 1. The molecule has 0 unspecified atom stereocenters. The van der Waals surface area contributed by atoms with Crippen molar-refractivity contribution in [3.63, 3.8) is 0 Å². The van der Waals surface area contributed by atoms with E-state index < -0.39 is 0 Å². The van der Waals surface area contributed by atoms with Crippen molar-refractivity contribution < 1.29 is 4.74 Å². The lowest BCUT2D eigenvalue weighted by atomic mass is 9.95. The van der Waals surface area contributed by atoms with E-state index in [4.69, 9.17) is 9.84 Å². The number of nitrogens with zero attached hydrogens (tertiary/aromatic N) is 3. The van der Waals surface area contributed by atoms with Gasteiger partial charge in [-0.15, -0.1) is 0 Å². The van der Waals surface area contributed by atoms with Crippen molar-refractivity contribution in [3.05, 3.63) is 108 Å². The Balaban J connectivity index is 1.45. The second kappa shape index (κ2) is 6.45. The Labute approximate surface area is 169 Å². The molecule has 0 amide bonds. The molecule has 4 nitrogen and oxygen atoms in total. The van der Waals surface area contributed by atoms with E-state index in [9.17, 15) is 0 Å². The fourth-order valence-corrected chi connectivity index (χ4v) is 4.33. The van der Waals surface area contributed by atoms with Gasteiger partial charge in [-0.2, -0.15) is 5.10 Å². The number of hydrogen-bond acceptors (Lipinski definition) is 4. The largest absolute Gasteiger partial charge is 0.464 e. The third-order valence-corrected chi connectivity index (χ3v) is 5.77. The molecule has 140 valence electrons. The minimum absolute atomic E-state index is 0.166. The highest BCUT2D eigenvalue weighted by molar-refractivity contribution is 6.04. The van der Waals surface area contributed by atoms with Crippen LogP contribution in [0.2, 0.25) is 0 Å². The average molecular weight is 377 g/mol. The van der Waals surface area contributed by atoms with Crippen molar-refractivity contribution in [1.29, 1.82) is 0 Å². The lowest BCUT2D eigenvalue weighted by Crippen LogP contribution is -2.33. The highest BCUT2D eigenvalue weighted by Gasteiger charge is 2.40. The molecular formula is C25H19N3O. The fraction of sp³-hybridized carbons (Fsp3) is 0.120. The number of hydrogen-bond donors (Lipinski definition) is 0. The number of fused-ring (bicyclic) bond motifs is 4. The quantitative estimate of drug-likeness (QED) is 0.464. The second-order valence-electron chi connectivity index (χ2n) is 7.50. The summed E-state index contributed by atoms with van der Waals surface area (Å²) < 4.78 is 6.38. The molecule has 4 aromatic rings. The topological polar surface area (TPSA) is 37.7 Å². The summed E-state index contributed by atoms with van der Waals surface area (Å²) in [5.41, 5.74) is 4.52. The molecule has 0 radical (unpaired) electrons. The van der Waals surface area contributed by atoms with Gasteiger partial charge in [0.2, 0.25) is 6.23 Å². The number of ether oxygens (including phenoxy) is 1. The number of hydrazone groups is 1. The van der Waals surface area contributed by atoms with Gasteiger partial charge in [0.25, 0.3) is 0 Å². The molecule has 2 aliphatic rings. The minimum atomic E-state index is -0.254. The van der Waals surface area contributed by atoms with Gasteiger partial charge in [0.1, 0.15) is 5.75 Å². The first-order valence-electron chi connectivity index (χ1n) is 9.87. The third kappa shape index (κ3) is 2.68. The Hall–Kier alpha value is -3.66. The van der Waals surface area contributed by atoms with E-state index >= 15 is 0 Å². The normalized spacial score (nSPS) is 20.0. The van der Waals surface area contributed by atoms with Gasteiger partial charge in [-0.1, -0.05) is 54.6 Å². The Morgan fingerprint density at radius 1 is 0.828 bits per heavy atom. The van der Waals surface area contributed by atoms with Crippen LogP contribution < -0.4 is 4.74 Å². The van der Waals surface area contributed by atoms with Crippen LogP contribution in [0.25, 0.3) is 10.8 Å². The van der Waals surface area contributed by atoms with Crippen LogP contribution in [0, 0.1) is 0 Å². The SMILES string of the molecule is c1ccc2c(c1)O[C@@H](c1ccncc1)N1N=C(c3ccc4ccccc4c3)C[C@@H]21. The van der Waals surface area contributed by atoms with E-state index in [2.05, 4.69) is 70.7 Å². The van der Waals surface area contributed by atoms with Crippen LogP contribution in [0.5, 0.6) is 5.75 Å². The molecule has 2 atom stereocenters. The Bertz CT molecular complexity index is 1240. The lowest BCUT2D eigenvalue weighted by Gasteiger charge is -2.38. The molecule has 4 heteroatoms. The van der Waals surface area contributed by atoms with Crippen molar-refractivity contribution in [1.82, 2.24) is 9.99 Å². The lowest BCUT2D eigenvalue weighted by molar-refractivity contribution is -0.0190. The van der Waals surface area contributed by atoms with Crippen molar-refractivity contribution in [3.8, 4) is 5.75 Å². The average Bonchev–Trinajstić information content (AvgIpc) is 3.25. The van der Waals surface area contributed by atoms with Crippen molar-refractivity contribution in [2.24, 2.45) is 5.10 Å². The summed E-state index contributed by atoms with van der Waals surface area (Å²) in [4.78, 5) is 4.15. The first kappa shape index (κ1) is 16.3. The summed E-state index contributed by atoms with van der Waals surface area (Å²) in [5.74, 6) is 0.936. The molecule has 0 saturated carbocycles. The number of benzene rings is 3. The molecule has 3 heterocycles. The molecule has 6 rings (SSSR count). The van der Waals surface area contributed by atoms with Gasteiger partial charge in [0.15, 0.2) is 0 Å². The van der Waals surface area contributed by atoms with Crippen LogP contribution in [-0.4, -0.2) is 15.7 Å². The minimum Gasteiger partial charge on any atom is -0.464 e. The summed E-state index contributed by atoms with van der Waals surface area (Å²) in [6, 6.07) is 27.5. The summed E-state index contributed by atoms with van der Waals surface area (Å²) in [6.45, 7) is 0. The Morgan fingerprint density at radius 2 is 1.62 bits per heavy atom. The highest BCUT2D eigenvalue weighted by Crippen LogP contribution is 2.47. The van der Waals surface area contributed by atoms with Gasteiger partial charge < -0.3 is 4.74 Å². The van der Waals surface area contributed by atoms with Gasteiger partial charge >= 0.3 is 0 Å². The summed E-state index contributed by atoms with van der Waals surface area (Å²) >= 11 is 0. The maximum absolute atomic E-state index is 6.38. The van der Waals surface area contributed by atoms with Crippen molar-refractivity contribution in [2.45, 2.75) is 18.7 Å². The zero-order chi connectivity index (χ0) is 19.2. The van der Waals surface area contributed by atoms with Crippen LogP contribution in [0.15, 0.2) is 96.4 Å². The van der Waals surface area contributed by atoms with E-state index in [1.165, 1.54) is 21.9 Å². The predicted octanol–water partition coefficient (Wildman–Crippen LogP) is 5.48. The maximum Gasteiger partial charge on any atom is 0.213 e. The molecule has 0 saturated heterocycles. The predicted molar refractivity (Wildman–Crippen MR) is 114 cm³/mol. The van der Waals surface area contributed by atoms with E-state index in [0.717, 1.165) is 23.4 Å². The van der Waals surface area contributed by atoms with Gasteiger partial charge in [0.05, 0.1) is 11.8 Å². The van der Waals surface area contributed by atoms with Gasteiger partial charge in [-0.3, -0.25) is 4.98 Å². The van der Waals surface area contributed by atoms with E-state index in [1.807, 2.05) is 18.2 Å². The zero-order valence-electron chi connectivity index (χ0n) is 15.8. The van der Waals surface area contributed by atoms with E-state index in [1.54, 1.807) is 12.4 Å². The van der Waals surface area contributed by atoms with Crippen LogP contribution in [0.3, 0.4) is 0 Å². The van der Waals surface area contributed by atoms with Crippen LogP contribution >= 0.6 is 0 Å². The molecule has 0 spiro atoms. The molecular weight excluding hydrogens is 358 g/mol. The second-order valence-corrected chi connectivity index (χ2v) is 7.50. The molecule has 29 heavy (non-hydrogen) atoms. The standard InChI is InChI=1S/C25H19N3O/c1-2-6-19-15-20(10-9-17(19)5-1)22-16-23-21-7-3-4-8-24(21)29-25(28(23)27-22)18-11-13-26-14-12-18/h1-15,23,25H,16H2/t23-,25-/m0/s1. The first-order valence-corrected chi connectivity index (χ1v) is 9.87. The first-order chi connectivity index (χ1) is 14.4. The van der Waals surface area contributed by atoms with Crippen LogP contribution in [-0.2, 0) is 0 Å². The molecule has 0 N–H and O–H groups in total. The van der Waals surface area contributed by atoms with Crippen molar-refractivity contribution >= 4 is 16.5 Å². The van der Waals surface area contributed by atoms with Gasteiger partial charge in [-0.25, -0.2) is 5.01 Å². The van der Waals surface area contributed by atoms with Gasteiger partial charge in [0, 0.05) is 29.9 Å². The fourth-order valence-electron chi connectivity index (χ4n) is 4.33. The maximum atomic E-state index is 6.38.